The summed E-state index contributed by atoms with van der Waals surface area (Å²) in [5.74, 6) is 0.501. The Morgan fingerprint density at radius 1 is 0.933 bits per heavy atom. The zero-order chi connectivity index (χ0) is 11.5. The number of rotatable bonds is 10. The van der Waals surface area contributed by atoms with Gasteiger partial charge in [0.15, 0.2) is 0 Å². The minimum atomic E-state index is 0.214. The zero-order valence-electron chi connectivity index (χ0n) is 10.0. The van der Waals surface area contributed by atoms with Crippen LogP contribution in [0.15, 0.2) is 0 Å². The van der Waals surface area contributed by atoms with E-state index in [1.54, 1.807) is 7.11 Å². The molecule has 3 nitrogen and oxygen atoms in total. The SMILES string of the molecule is COCCOCCOCCC(C)C(C)Cl. The van der Waals surface area contributed by atoms with E-state index < -0.39 is 0 Å². The van der Waals surface area contributed by atoms with Gasteiger partial charge < -0.3 is 14.2 Å². The molecule has 0 fully saturated rings. The standard InChI is InChI=1S/C11H23ClO3/c1-10(11(2)12)4-5-14-8-9-15-7-6-13-3/h10-11H,4-9H2,1-3H3. The van der Waals surface area contributed by atoms with E-state index in [1.165, 1.54) is 0 Å². The van der Waals surface area contributed by atoms with Crippen LogP contribution in [0.3, 0.4) is 0 Å². The van der Waals surface area contributed by atoms with E-state index in [1.807, 2.05) is 6.92 Å². The molecule has 0 saturated heterocycles. The van der Waals surface area contributed by atoms with Gasteiger partial charge in [-0.3, -0.25) is 0 Å². The van der Waals surface area contributed by atoms with Crippen molar-refractivity contribution >= 4 is 11.6 Å². The van der Waals surface area contributed by atoms with Crippen LogP contribution >= 0.6 is 11.6 Å². The fourth-order valence-corrected chi connectivity index (χ4v) is 1.09. The molecular weight excluding hydrogens is 216 g/mol. The maximum Gasteiger partial charge on any atom is 0.0701 e. The van der Waals surface area contributed by atoms with Crippen molar-refractivity contribution in [1.82, 2.24) is 0 Å². The Kier molecular flexibility index (Phi) is 10.8. The Morgan fingerprint density at radius 3 is 2.00 bits per heavy atom. The summed E-state index contributed by atoms with van der Waals surface area (Å²) in [6, 6.07) is 0. The average Bonchev–Trinajstić information content (AvgIpc) is 2.21. The van der Waals surface area contributed by atoms with Crippen LogP contribution in [0.5, 0.6) is 0 Å². The number of ether oxygens (including phenoxy) is 3. The van der Waals surface area contributed by atoms with Gasteiger partial charge in [0.2, 0.25) is 0 Å². The maximum absolute atomic E-state index is 5.93. The minimum Gasteiger partial charge on any atom is -0.382 e. The largest absolute Gasteiger partial charge is 0.382 e. The Balaban J connectivity index is 3.05. The third kappa shape index (κ3) is 10.5. The van der Waals surface area contributed by atoms with Crippen molar-refractivity contribution < 1.29 is 14.2 Å². The highest BCUT2D eigenvalue weighted by molar-refractivity contribution is 6.20. The van der Waals surface area contributed by atoms with Crippen molar-refractivity contribution in [2.45, 2.75) is 25.6 Å². The Morgan fingerprint density at radius 2 is 1.47 bits per heavy atom. The molecule has 0 saturated carbocycles. The van der Waals surface area contributed by atoms with E-state index >= 15 is 0 Å². The number of methoxy groups -OCH3 is 1. The topological polar surface area (TPSA) is 27.7 Å². The van der Waals surface area contributed by atoms with Gasteiger partial charge in [-0.2, -0.15) is 0 Å². The van der Waals surface area contributed by atoms with Crippen molar-refractivity contribution in [2.75, 3.05) is 40.1 Å². The van der Waals surface area contributed by atoms with Gasteiger partial charge in [-0.05, 0) is 19.3 Å². The van der Waals surface area contributed by atoms with E-state index in [2.05, 4.69) is 6.92 Å². The predicted octanol–water partition coefficient (Wildman–Crippen LogP) is 2.32. The second-order valence-electron chi connectivity index (χ2n) is 3.66. The maximum atomic E-state index is 5.93. The van der Waals surface area contributed by atoms with Crippen LogP contribution in [0.25, 0.3) is 0 Å². The summed E-state index contributed by atoms with van der Waals surface area (Å²) < 4.78 is 15.5. The number of hydrogen-bond acceptors (Lipinski definition) is 3. The zero-order valence-corrected chi connectivity index (χ0v) is 10.8. The number of hydrogen-bond donors (Lipinski definition) is 0. The fraction of sp³-hybridized carbons (Fsp3) is 1.00. The second kappa shape index (κ2) is 10.7. The van der Waals surface area contributed by atoms with Crippen LogP contribution in [-0.2, 0) is 14.2 Å². The van der Waals surface area contributed by atoms with Crippen LogP contribution in [0.1, 0.15) is 20.3 Å². The molecule has 0 bridgehead atoms. The summed E-state index contributed by atoms with van der Waals surface area (Å²) >= 11 is 5.93. The highest BCUT2D eigenvalue weighted by Gasteiger charge is 2.07. The summed E-state index contributed by atoms with van der Waals surface area (Å²) in [5, 5.41) is 0.214. The van der Waals surface area contributed by atoms with Gasteiger partial charge in [-0.1, -0.05) is 6.92 Å². The molecule has 0 aromatic carbocycles. The number of alkyl halides is 1. The Hall–Kier alpha value is 0.170. The van der Waals surface area contributed by atoms with Gasteiger partial charge in [0.1, 0.15) is 0 Å². The van der Waals surface area contributed by atoms with E-state index in [9.17, 15) is 0 Å². The molecule has 2 unspecified atom stereocenters. The molecule has 0 radical (unpaired) electrons. The normalized spacial score (nSPS) is 15.2. The summed E-state index contributed by atoms with van der Waals surface area (Å²) in [7, 11) is 1.66. The van der Waals surface area contributed by atoms with Crippen LogP contribution < -0.4 is 0 Å². The molecule has 0 spiro atoms. The van der Waals surface area contributed by atoms with Crippen LogP contribution in [0.2, 0.25) is 0 Å². The van der Waals surface area contributed by atoms with Gasteiger partial charge in [-0.15, -0.1) is 11.6 Å². The number of halogens is 1. The first kappa shape index (κ1) is 15.2. The molecule has 0 aliphatic heterocycles. The molecule has 0 N–H and O–H groups in total. The van der Waals surface area contributed by atoms with Crippen LogP contribution in [0.4, 0.5) is 0 Å². The lowest BCUT2D eigenvalue weighted by atomic mass is 10.1. The van der Waals surface area contributed by atoms with Crippen molar-refractivity contribution in [3.8, 4) is 0 Å². The van der Waals surface area contributed by atoms with E-state index in [-0.39, 0.29) is 5.38 Å². The fourth-order valence-electron chi connectivity index (χ4n) is 0.963. The molecule has 92 valence electrons. The molecule has 0 rings (SSSR count). The van der Waals surface area contributed by atoms with Crippen molar-refractivity contribution in [1.29, 1.82) is 0 Å². The Labute approximate surface area is 98.0 Å². The van der Waals surface area contributed by atoms with Crippen molar-refractivity contribution in [3.63, 3.8) is 0 Å². The van der Waals surface area contributed by atoms with Crippen LogP contribution in [-0.4, -0.2) is 45.5 Å². The lowest BCUT2D eigenvalue weighted by molar-refractivity contribution is 0.0222. The molecule has 0 aromatic rings. The van der Waals surface area contributed by atoms with Gasteiger partial charge in [0, 0.05) is 19.1 Å². The smallest absolute Gasteiger partial charge is 0.0701 e. The van der Waals surface area contributed by atoms with Gasteiger partial charge in [0.25, 0.3) is 0 Å². The molecule has 0 aliphatic rings. The van der Waals surface area contributed by atoms with E-state index in [0.717, 1.165) is 13.0 Å². The van der Waals surface area contributed by atoms with Gasteiger partial charge >= 0.3 is 0 Å². The lowest BCUT2D eigenvalue weighted by Gasteiger charge is -2.13. The first-order valence-corrected chi connectivity index (χ1v) is 5.90. The van der Waals surface area contributed by atoms with E-state index in [4.69, 9.17) is 25.8 Å². The quantitative estimate of drug-likeness (QED) is 0.432. The third-order valence-electron chi connectivity index (χ3n) is 2.31. The third-order valence-corrected chi connectivity index (χ3v) is 2.74. The van der Waals surface area contributed by atoms with Crippen molar-refractivity contribution in [2.24, 2.45) is 5.92 Å². The van der Waals surface area contributed by atoms with Gasteiger partial charge in [-0.25, -0.2) is 0 Å². The average molecular weight is 239 g/mol. The van der Waals surface area contributed by atoms with Crippen LogP contribution in [0, 0.1) is 5.92 Å². The molecule has 15 heavy (non-hydrogen) atoms. The summed E-state index contributed by atoms with van der Waals surface area (Å²) in [6.07, 6.45) is 1.00. The highest BCUT2D eigenvalue weighted by atomic mass is 35.5. The van der Waals surface area contributed by atoms with E-state index in [0.29, 0.717) is 32.3 Å². The second-order valence-corrected chi connectivity index (χ2v) is 4.35. The molecular formula is C11H23ClO3. The van der Waals surface area contributed by atoms with Crippen molar-refractivity contribution in [3.05, 3.63) is 0 Å². The molecule has 2 atom stereocenters. The molecule has 0 aromatic heterocycles. The molecule has 0 amide bonds. The first-order valence-electron chi connectivity index (χ1n) is 5.47. The summed E-state index contributed by atoms with van der Waals surface area (Å²) in [5.41, 5.74) is 0. The summed E-state index contributed by atoms with van der Waals surface area (Å²) in [4.78, 5) is 0. The first-order chi connectivity index (χ1) is 7.18. The monoisotopic (exact) mass is 238 g/mol. The lowest BCUT2D eigenvalue weighted by Crippen LogP contribution is -2.13. The minimum absolute atomic E-state index is 0.214. The predicted molar refractivity (Wildman–Crippen MR) is 62.6 cm³/mol. The molecule has 0 heterocycles. The molecule has 0 aliphatic carbocycles. The highest BCUT2D eigenvalue weighted by Crippen LogP contribution is 2.12. The molecule has 4 heteroatoms. The Bertz CT molecular complexity index is 131. The van der Waals surface area contributed by atoms with Gasteiger partial charge in [0.05, 0.1) is 26.4 Å². The summed E-state index contributed by atoms with van der Waals surface area (Å²) in [6.45, 7) is 7.46.